The summed E-state index contributed by atoms with van der Waals surface area (Å²) in [5.41, 5.74) is -3.19. The molecular weight excluding hydrogens is 379 g/mol. The third kappa shape index (κ3) is 3.32. The van der Waals surface area contributed by atoms with E-state index in [9.17, 15) is 22.8 Å². The highest BCUT2D eigenvalue weighted by Crippen LogP contribution is 2.47. The van der Waals surface area contributed by atoms with Crippen molar-refractivity contribution in [3.63, 3.8) is 0 Å². The van der Waals surface area contributed by atoms with Crippen molar-refractivity contribution in [2.45, 2.75) is 18.2 Å². The predicted octanol–water partition coefficient (Wildman–Crippen LogP) is 3.01. The van der Waals surface area contributed by atoms with Crippen molar-refractivity contribution >= 4 is 29.3 Å². The molecule has 26 heavy (non-hydrogen) atoms. The number of fused-ring (bicyclic) bond motifs is 1. The van der Waals surface area contributed by atoms with E-state index >= 15 is 0 Å². The Hall–Kier alpha value is -2.75. The lowest BCUT2D eigenvalue weighted by Crippen LogP contribution is -2.56. The van der Waals surface area contributed by atoms with Crippen LogP contribution in [0.2, 0.25) is 5.02 Å². The van der Waals surface area contributed by atoms with Gasteiger partial charge in [0.05, 0.1) is 24.8 Å². The van der Waals surface area contributed by atoms with Gasteiger partial charge in [-0.25, -0.2) is 4.79 Å². The van der Waals surface area contributed by atoms with Crippen LogP contribution in [-0.4, -0.2) is 29.9 Å². The Balaban J connectivity index is 1.92. The number of ether oxygens (including phenoxy) is 1. The minimum absolute atomic E-state index is 0.0212. The summed E-state index contributed by atoms with van der Waals surface area (Å²) in [6, 6.07) is 3.60. The fourth-order valence-electron chi connectivity index (χ4n) is 2.54. The smallest absolute Gasteiger partial charge is 0.426 e. The van der Waals surface area contributed by atoms with Gasteiger partial charge in [-0.2, -0.15) is 13.2 Å². The lowest BCUT2D eigenvalue weighted by Gasteiger charge is -2.39. The molecule has 1 aliphatic rings. The van der Waals surface area contributed by atoms with Crippen LogP contribution in [0.3, 0.4) is 0 Å². The summed E-state index contributed by atoms with van der Waals surface area (Å²) in [5.74, 6) is -0.727. The van der Waals surface area contributed by atoms with Gasteiger partial charge in [-0.15, -0.1) is 0 Å². The Bertz CT molecular complexity index is 841. The van der Waals surface area contributed by atoms with Gasteiger partial charge >= 0.3 is 12.3 Å². The van der Waals surface area contributed by atoms with Crippen molar-refractivity contribution in [1.82, 2.24) is 10.5 Å². The third-order valence-corrected chi connectivity index (χ3v) is 4.00. The summed E-state index contributed by atoms with van der Waals surface area (Å²) in [4.78, 5) is 23.6. The number of carbonyl (C=O) groups is 2. The molecule has 2 heterocycles. The van der Waals surface area contributed by atoms with Crippen molar-refractivity contribution in [2.24, 2.45) is 0 Å². The molecule has 138 valence electrons. The number of aromatic nitrogens is 1. The van der Waals surface area contributed by atoms with Gasteiger partial charge in [0.15, 0.2) is 0 Å². The molecule has 0 spiro atoms. The summed E-state index contributed by atoms with van der Waals surface area (Å²) in [6.07, 6.45) is -4.08. The van der Waals surface area contributed by atoms with E-state index in [4.69, 9.17) is 11.6 Å². The molecule has 3 rings (SSSR count). The fourth-order valence-corrected chi connectivity index (χ4v) is 2.71. The molecule has 7 nitrogen and oxygen atoms in total. The van der Waals surface area contributed by atoms with Crippen molar-refractivity contribution in [1.29, 1.82) is 0 Å². The number of carbonyl (C=O) groups excluding carboxylic acids is 2. The highest BCUT2D eigenvalue weighted by molar-refractivity contribution is 6.30. The molecular formula is C15H11ClF3N3O4. The molecule has 2 aromatic rings. The molecule has 0 bridgehead atoms. The lowest BCUT2D eigenvalue weighted by atomic mass is 9.89. The summed E-state index contributed by atoms with van der Waals surface area (Å²) in [5, 5.41) is 7.75. The summed E-state index contributed by atoms with van der Waals surface area (Å²) in [7, 11) is 0. The van der Waals surface area contributed by atoms with Gasteiger partial charge < -0.3 is 14.6 Å². The number of amides is 2. The summed E-state index contributed by atoms with van der Waals surface area (Å²) < 4.78 is 50.8. The maximum absolute atomic E-state index is 13.9. The van der Waals surface area contributed by atoms with Crippen LogP contribution in [0.4, 0.5) is 23.7 Å². The number of anilines is 1. The monoisotopic (exact) mass is 389 g/mol. The molecule has 0 saturated heterocycles. The number of nitrogens with one attached hydrogen (secondary N) is 2. The maximum Gasteiger partial charge on any atom is 0.434 e. The van der Waals surface area contributed by atoms with Crippen LogP contribution in [0, 0.1) is 0 Å². The molecule has 1 aromatic heterocycles. The van der Waals surface area contributed by atoms with Crippen molar-refractivity contribution in [2.75, 3.05) is 11.9 Å². The Morgan fingerprint density at radius 1 is 1.38 bits per heavy atom. The van der Waals surface area contributed by atoms with E-state index in [1.165, 1.54) is 24.6 Å². The second-order valence-electron chi connectivity index (χ2n) is 5.52. The average molecular weight is 390 g/mol. The van der Waals surface area contributed by atoms with Gasteiger partial charge in [0.25, 0.3) is 5.60 Å². The number of halogens is 4. The van der Waals surface area contributed by atoms with Gasteiger partial charge in [-0.1, -0.05) is 16.8 Å². The second-order valence-corrected chi connectivity index (χ2v) is 5.95. The standard InChI is InChI=1S/C15H11ClF3N3O4/c16-9-1-2-11-10(4-9)14(15(17,18)19,26-13(24)22-11)7-20-12(23)3-8-5-21-25-6-8/h1-2,4-6H,3,7H2,(H,20,23)(H,22,24). The Morgan fingerprint density at radius 2 is 2.15 bits per heavy atom. The SMILES string of the molecule is O=C(Cc1cnoc1)NCC1(C(F)(F)F)OC(=O)Nc2ccc(Cl)cc21. The first-order valence-electron chi connectivity index (χ1n) is 7.23. The van der Waals surface area contributed by atoms with Gasteiger partial charge in [0.2, 0.25) is 5.91 Å². The fraction of sp³-hybridized carbons (Fsp3) is 0.267. The molecule has 1 aromatic carbocycles. The topological polar surface area (TPSA) is 93.5 Å². The molecule has 0 aliphatic carbocycles. The third-order valence-electron chi connectivity index (χ3n) is 3.76. The molecule has 2 N–H and O–H groups in total. The lowest BCUT2D eigenvalue weighted by molar-refractivity contribution is -0.262. The van der Waals surface area contributed by atoms with Crippen molar-refractivity contribution in [3.05, 3.63) is 46.8 Å². The average Bonchev–Trinajstić information content (AvgIpc) is 3.05. The normalized spacial score (nSPS) is 19.3. The van der Waals surface area contributed by atoms with Crippen LogP contribution in [0.25, 0.3) is 0 Å². The van der Waals surface area contributed by atoms with Crippen LogP contribution in [0.5, 0.6) is 0 Å². The molecule has 1 unspecified atom stereocenters. The van der Waals surface area contributed by atoms with Crippen molar-refractivity contribution in [3.8, 4) is 0 Å². The van der Waals surface area contributed by atoms with Crippen molar-refractivity contribution < 1.29 is 32.0 Å². The van der Waals surface area contributed by atoms with Gasteiger partial charge in [-0.05, 0) is 18.2 Å². The number of hydrogen-bond acceptors (Lipinski definition) is 5. The Morgan fingerprint density at radius 3 is 2.81 bits per heavy atom. The minimum atomic E-state index is -5.01. The highest BCUT2D eigenvalue weighted by atomic mass is 35.5. The quantitative estimate of drug-likeness (QED) is 0.838. The first-order chi connectivity index (χ1) is 12.2. The molecule has 0 radical (unpaired) electrons. The Kier molecular flexibility index (Phi) is 4.53. The summed E-state index contributed by atoms with van der Waals surface area (Å²) >= 11 is 5.81. The molecule has 0 saturated carbocycles. The Labute approximate surface area is 149 Å². The summed E-state index contributed by atoms with van der Waals surface area (Å²) in [6.45, 7) is -1.01. The van der Waals surface area contributed by atoms with E-state index in [1.807, 2.05) is 0 Å². The number of benzene rings is 1. The first-order valence-corrected chi connectivity index (χ1v) is 7.61. The maximum atomic E-state index is 13.9. The first kappa shape index (κ1) is 18.1. The van der Waals surface area contributed by atoms with Crippen LogP contribution < -0.4 is 10.6 Å². The molecule has 2 amide bonds. The van der Waals surface area contributed by atoms with Gasteiger partial charge in [0.1, 0.15) is 6.26 Å². The van der Waals surface area contributed by atoms with E-state index in [2.05, 4.69) is 25.1 Å². The number of hydrogen-bond donors (Lipinski definition) is 2. The largest absolute Gasteiger partial charge is 0.434 e. The van der Waals surface area contributed by atoms with Crippen LogP contribution in [-0.2, 0) is 21.6 Å². The molecule has 0 fully saturated rings. The number of alkyl halides is 3. The molecule has 1 aliphatic heterocycles. The van der Waals surface area contributed by atoms with Crippen LogP contribution in [0.1, 0.15) is 11.1 Å². The van der Waals surface area contributed by atoms with E-state index in [0.29, 0.717) is 5.56 Å². The second kappa shape index (κ2) is 6.52. The zero-order valence-corrected chi connectivity index (χ0v) is 13.6. The van der Waals surface area contributed by atoms with E-state index in [-0.39, 0.29) is 17.1 Å². The number of cyclic esters (lactones) is 1. The van der Waals surface area contributed by atoms with Crippen LogP contribution in [0.15, 0.2) is 35.2 Å². The molecule has 1 atom stereocenters. The van der Waals surface area contributed by atoms with E-state index in [0.717, 1.165) is 6.07 Å². The van der Waals surface area contributed by atoms with Crippen LogP contribution >= 0.6 is 11.6 Å². The predicted molar refractivity (Wildman–Crippen MR) is 82.5 cm³/mol. The highest BCUT2D eigenvalue weighted by Gasteiger charge is 2.62. The molecule has 11 heteroatoms. The zero-order chi connectivity index (χ0) is 18.9. The van der Waals surface area contributed by atoms with E-state index < -0.39 is 35.9 Å². The zero-order valence-electron chi connectivity index (χ0n) is 12.9. The number of rotatable bonds is 4. The van der Waals surface area contributed by atoms with E-state index in [1.54, 1.807) is 0 Å². The minimum Gasteiger partial charge on any atom is -0.426 e. The van der Waals surface area contributed by atoms with Gasteiger partial charge in [-0.3, -0.25) is 10.1 Å². The number of nitrogens with zero attached hydrogens (tertiary/aromatic N) is 1. The van der Waals surface area contributed by atoms with Gasteiger partial charge in [0, 0.05) is 16.1 Å².